The Bertz CT molecular complexity index is 524. The number of carbonyl (C=O) groups excluding carboxylic acids is 1. The van der Waals surface area contributed by atoms with Gasteiger partial charge in [-0.05, 0) is 25.0 Å². The summed E-state index contributed by atoms with van der Waals surface area (Å²) in [5.74, 6) is -0.977. The van der Waals surface area contributed by atoms with Crippen LogP contribution in [0.1, 0.15) is 48.9 Å². The number of rotatable bonds is 5. The molecule has 1 saturated carbocycles. The Kier molecular flexibility index (Phi) is 4.77. The number of nitrogens with zero attached hydrogens (tertiary/aromatic N) is 1. The monoisotopic (exact) mass is 292 g/mol. The minimum atomic E-state index is -0.893. The van der Waals surface area contributed by atoms with Crippen LogP contribution >= 0.6 is 0 Å². The summed E-state index contributed by atoms with van der Waals surface area (Å²) in [6, 6.07) is 3.28. The molecule has 1 amide bonds. The Morgan fingerprint density at radius 1 is 1.38 bits per heavy atom. The SMILES string of the molecule is COc1ncccc1C(=O)NC1(CC(=O)O)CCCCC1. The molecule has 1 aliphatic carbocycles. The van der Waals surface area contributed by atoms with Gasteiger partial charge in [0.1, 0.15) is 5.56 Å². The maximum Gasteiger partial charge on any atom is 0.305 e. The van der Waals surface area contributed by atoms with Crippen LogP contribution in [0.15, 0.2) is 18.3 Å². The van der Waals surface area contributed by atoms with Crippen LogP contribution in [0.5, 0.6) is 5.88 Å². The second-order valence-corrected chi connectivity index (χ2v) is 5.43. The molecule has 6 heteroatoms. The molecule has 0 saturated heterocycles. The molecular weight excluding hydrogens is 272 g/mol. The van der Waals surface area contributed by atoms with Gasteiger partial charge in [-0.25, -0.2) is 4.98 Å². The zero-order chi connectivity index (χ0) is 15.3. The molecule has 6 nitrogen and oxygen atoms in total. The molecule has 0 atom stereocenters. The van der Waals surface area contributed by atoms with Gasteiger partial charge in [-0.3, -0.25) is 9.59 Å². The van der Waals surface area contributed by atoms with Crippen molar-refractivity contribution in [3.8, 4) is 5.88 Å². The molecule has 1 aromatic rings. The Hall–Kier alpha value is -2.11. The summed E-state index contributed by atoms with van der Waals surface area (Å²) in [6.07, 6.45) is 5.80. The number of carboxylic acids is 1. The molecule has 0 aromatic carbocycles. The van der Waals surface area contributed by atoms with Gasteiger partial charge in [-0.15, -0.1) is 0 Å². The van der Waals surface area contributed by atoms with Gasteiger partial charge < -0.3 is 15.2 Å². The lowest BCUT2D eigenvalue weighted by molar-refractivity contribution is -0.139. The number of pyridine rings is 1. The standard InChI is InChI=1S/C15H20N2O4/c1-21-14-11(6-5-9-16-14)13(20)17-15(10-12(18)19)7-3-2-4-8-15/h5-6,9H,2-4,7-8,10H2,1H3,(H,17,20)(H,18,19). The van der Waals surface area contributed by atoms with Gasteiger partial charge >= 0.3 is 5.97 Å². The first-order valence-electron chi connectivity index (χ1n) is 7.10. The molecule has 0 aliphatic heterocycles. The smallest absolute Gasteiger partial charge is 0.305 e. The zero-order valence-corrected chi connectivity index (χ0v) is 12.1. The van der Waals surface area contributed by atoms with Crippen LogP contribution < -0.4 is 10.1 Å². The van der Waals surface area contributed by atoms with E-state index in [9.17, 15) is 9.59 Å². The van der Waals surface area contributed by atoms with Crippen LogP contribution in [0.2, 0.25) is 0 Å². The van der Waals surface area contributed by atoms with Gasteiger partial charge in [-0.1, -0.05) is 19.3 Å². The fraction of sp³-hybridized carbons (Fsp3) is 0.533. The molecule has 114 valence electrons. The molecule has 1 fully saturated rings. The quantitative estimate of drug-likeness (QED) is 0.866. The summed E-state index contributed by atoms with van der Waals surface area (Å²) >= 11 is 0. The van der Waals surface area contributed by atoms with E-state index in [-0.39, 0.29) is 18.2 Å². The third-order valence-electron chi connectivity index (χ3n) is 3.89. The first-order valence-corrected chi connectivity index (χ1v) is 7.10. The highest BCUT2D eigenvalue weighted by molar-refractivity contribution is 5.97. The van der Waals surface area contributed by atoms with E-state index in [2.05, 4.69) is 10.3 Å². The lowest BCUT2D eigenvalue weighted by Gasteiger charge is -2.37. The van der Waals surface area contributed by atoms with Crippen LogP contribution in [0, 0.1) is 0 Å². The molecule has 0 radical (unpaired) electrons. The van der Waals surface area contributed by atoms with E-state index >= 15 is 0 Å². The number of aliphatic carboxylic acids is 1. The summed E-state index contributed by atoms with van der Waals surface area (Å²) in [4.78, 5) is 27.6. The fourth-order valence-corrected chi connectivity index (χ4v) is 2.90. The molecule has 21 heavy (non-hydrogen) atoms. The maximum atomic E-state index is 12.5. The highest BCUT2D eigenvalue weighted by Gasteiger charge is 2.36. The van der Waals surface area contributed by atoms with Gasteiger partial charge in [0, 0.05) is 6.20 Å². The predicted octanol–water partition coefficient (Wildman–Crippen LogP) is 2.00. The van der Waals surface area contributed by atoms with Crippen LogP contribution in [0.4, 0.5) is 0 Å². The van der Waals surface area contributed by atoms with Gasteiger partial charge in [0.05, 0.1) is 19.1 Å². The largest absolute Gasteiger partial charge is 0.481 e. The zero-order valence-electron chi connectivity index (χ0n) is 12.1. The number of ether oxygens (including phenoxy) is 1. The van der Waals surface area contributed by atoms with Crippen molar-refractivity contribution in [3.63, 3.8) is 0 Å². The van der Waals surface area contributed by atoms with Crippen LogP contribution in [-0.2, 0) is 4.79 Å². The molecule has 2 rings (SSSR count). The molecule has 0 unspecified atom stereocenters. The average Bonchev–Trinajstić information content (AvgIpc) is 2.47. The fourth-order valence-electron chi connectivity index (χ4n) is 2.90. The highest BCUT2D eigenvalue weighted by atomic mass is 16.5. The summed E-state index contributed by atoms with van der Waals surface area (Å²) < 4.78 is 5.08. The van der Waals surface area contributed by atoms with Crippen molar-refractivity contribution in [1.82, 2.24) is 10.3 Å². The number of aromatic nitrogens is 1. The van der Waals surface area contributed by atoms with E-state index in [1.54, 1.807) is 18.3 Å². The lowest BCUT2D eigenvalue weighted by atomic mass is 9.79. The first-order chi connectivity index (χ1) is 10.1. The van der Waals surface area contributed by atoms with Gasteiger partial charge in [-0.2, -0.15) is 0 Å². The molecule has 2 N–H and O–H groups in total. The van der Waals surface area contributed by atoms with E-state index in [1.807, 2.05) is 0 Å². The number of hydrogen-bond donors (Lipinski definition) is 2. The van der Waals surface area contributed by atoms with Crippen molar-refractivity contribution in [2.75, 3.05) is 7.11 Å². The minimum absolute atomic E-state index is 0.0542. The molecule has 0 spiro atoms. The second-order valence-electron chi connectivity index (χ2n) is 5.43. The maximum absolute atomic E-state index is 12.5. The summed E-state index contributed by atoms with van der Waals surface area (Å²) in [5.41, 5.74) is -0.336. The third kappa shape index (κ3) is 3.71. The number of methoxy groups -OCH3 is 1. The molecule has 1 aliphatic rings. The second kappa shape index (κ2) is 6.56. The third-order valence-corrected chi connectivity index (χ3v) is 3.89. The average molecular weight is 292 g/mol. The Morgan fingerprint density at radius 3 is 2.71 bits per heavy atom. The van der Waals surface area contributed by atoms with Crippen LogP contribution in [0.3, 0.4) is 0 Å². The topological polar surface area (TPSA) is 88.5 Å². The summed E-state index contributed by atoms with van der Waals surface area (Å²) in [7, 11) is 1.45. The number of carboxylic acid groups (broad SMARTS) is 1. The van der Waals surface area contributed by atoms with Crippen LogP contribution in [0.25, 0.3) is 0 Å². The minimum Gasteiger partial charge on any atom is -0.481 e. The molecule has 1 heterocycles. The van der Waals surface area contributed by atoms with Crippen LogP contribution in [-0.4, -0.2) is 34.6 Å². The van der Waals surface area contributed by atoms with E-state index in [0.717, 1.165) is 19.3 Å². The predicted molar refractivity (Wildman–Crippen MR) is 76.3 cm³/mol. The highest BCUT2D eigenvalue weighted by Crippen LogP contribution is 2.31. The lowest BCUT2D eigenvalue weighted by Crippen LogP contribution is -2.51. The van der Waals surface area contributed by atoms with Gasteiger partial charge in [0.25, 0.3) is 5.91 Å². The van der Waals surface area contributed by atoms with Gasteiger partial charge in [0.15, 0.2) is 0 Å². The molecule has 0 bridgehead atoms. The van der Waals surface area contributed by atoms with Crippen molar-refractivity contribution >= 4 is 11.9 Å². The van der Waals surface area contributed by atoms with E-state index < -0.39 is 11.5 Å². The normalized spacial score (nSPS) is 17.0. The van der Waals surface area contributed by atoms with Crippen molar-refractivity contribution in [1.29, 1.82) is 0 Å². The van der Waals surface area contributed by atoms with Crippen molar-refractivity contribution < 1.29 is 19.4 Å². The van der Waals surface area contributed by atoms with Gasteiger partial charge in [0.2, 0.25) is 5.88 Å². The number of hydrogen-bond acceptors (Lipinski definition) is 4. The number of carbonyl (C=O) groups is 2. The Labute approximate surface area is 123 Å². The molecule has 1 aromatic heterocycles. The first kappa shape index (κ1) is 15.3. The van der Waals surface area contributed by atoms with E-state index in [0.29, 0.717) is 18.4 Å². The summed E-state index contributed by atoms with van der Waals surface area (Å²) in [5, 5.41) is 12.0. The number of amides is 1. The Balaban J connectivity index is 2.19. The molecular formula is C15H20N2O4. The van der Waals surface area contributed by atoms with E-state index in [1.165, 1.54) is 7.11 Å². The van der Waals surface area contributed by atoms with E-state index in [4.69, 9.17) is 9.84 Å². The number of nitrogens with one attached hydrogen (secondary N) is 1. The Morgan fingerprint density at radius 2 is 2.10 bits per heavy atom. The van der Waals surface area contributed by atoms with Crippen molar-refractivity contribution in [3.05, 3.63) is 23.9 Å². The summed E-state index contributed by atoms with van der Waals surface area (Å²) in [6.45, 7) is 0. The van der Waals surface area contributed by atoms with Crippen molar-refractivity contribution in [2.24, 2.45) is 0 Å². The van der Waals surface area contributed by atoms with Crippen molar-refractivity contribution in [2.45, 2.75) is 44.1 Å².